The van der Waals surface area contributed by atoms with Crippen LogP contribution in [0.1, 0.15) is 50.3 Å². The van der Waals surface area contributed by atoms with Crippen molar-refractivity contribution in [3.05, 3.63) is 87.4 Å². The summed E-state index contributed by atoms with van der Waals surface area (Å²) in [4.78, 5) is 6.72. The fourth-order valence-corrected chi connectivity index (χ4v) is 5.13. The van der Waals surface area contributed by atoms with E-state index in [4.69, 9.17) is 23.2 Å². The second kappa shape index (κ2) is 11.9. The van der Waals surface area contributed by atoms with Gasteiger partial charge in [-0.2, -0.15) is 0 Å². The summed E-state index contributed by atoms with van der Waals surface area (Å²) in [6, 6.07) is 21.5. The lowest BCUT2D eigenvalue weighted by Crippen LogP contribution is -2.22. The lowest BCUT2D eigenvalue weighted by Gasteiger charge is -2.26. The first kappa shape index (κ1) is 26.2. The molecule has 0 aliphatic carbocycles. The number of nitrogens with zero attached hydrogens (tertiary/aromatic N) is 3. The Morgan fingerprint density at radius 1 is 0.588 bits per heavy atom. The molecule has 0 spiro atoms. The standard InChI is InChI=1S/C29H37Cl2N3/c1-7-33(8-2)23-15-17-25(27(30)19-23)29(21-11-13-22(14-12-21)32(5)6)26-18-16-24(20-28(26)31)34(9-3)10-4/h11-20,29H,7-10H2,1-6H3. The maximum Gasteiger partial charge on any atom is 0.0468 e. The van der Waals surface area contributed by atoms with Gasteiger partial charge in [-0.1, -0.05) is 47.5 Å². The van der Waals surface area contributed by atoms with Crippen molar-refractivity contribution in [3.8, 4) is 0 Å². The molecule has 34 heavy (non-hydrogen) atoms. The Labute approximate surface area is 215 Å². The zero-order chi connectivity index (χ0) is 24.8. The van der Waals surface area contributed by atoms with Crippen LogP contribution in [0.25, 0.3) is 0 Å². The van der Waals surface area contributed by atoms with E-state index in [1.54, 1.807) is 0 Å². The Balaban J connectivity index is 2.14. The van der Waals surface area contributed by atoms with Crippen molar-refractivity contribution in [3.63, 3.8) is 0 Å². The highest BCUT2D eigenvalue weighted by Gasteiger charge is 2.23. The van der Waals surface area contributed by atoms with Crippen LogP contribution < -0.4 is 14.7 Å². The average Bonchev–Trinajstić information content (AvgIpc) is 2.83. The van der Waals surface area contributed by atoms with Crippen LogP contribution >= 0.6 is 23.2 Å². The zero-order valence-electron chi connectivity index (χ0n) is 21.3. The third-order valence-electron chi connectivity index (χ3n) is 6.59. The maximum atomic E-state index is 6.96. The van der Waals surface area contributed by atoms with E-state index in [2.05, 4.69) is 117 Å². The molecule has 0 heterocycles. The molecule has 0 fully saturated rings. The first-order valence-corrected chi connectivity index (χ1v) is 13.0. The number of rotatable bonds is 10. The second-order valence-electron chi connectivity index (χ2n) is 8.68. The molecule has 0 bridgehead atoms. The molecular formula is C29H37Cl2N3. The zero-order valence-corrected chi connectivity index (χ0v) is 22.8. The number of hydrogen-bond acceptors (Lipinski definition) is 3. The molecule has 3 aromatic rings. The van der Waals surface area contributed by atoms with Crippen LogP contribution in [-0.4, -0.2) is 40.3 Å². The molecule has 3 rings (SSSR count). The van der Waals surface area contributed by atoms with Crippen LogP contribution in [-0.2, 0) is 0 Å². The van der Waals surface area contributed by atoms with Crippen molar-refractivity contribution in [1.29, 1.82) is 0 Å². The first-order chi connectivity index (χ1) is 16.3. The van der Waals surface area contributed by atoms with E-state index in [-0.39, 0.29) is 5.92 Å². The highest BCUT2D eigenvalue weighted by atomic mass is 35.5. The molecule has 3 aromatic carbocycles. The van der Waals surface area contributed by atoms with Gasteiger partial charge in [-0.3, -0.25) is 0 Å². The quantitative estimate of drug-likeness (QED) is 0.263. The molecule has 3 nitrogen and oxygen atoms in total. The third kappa shape index (κ3) is 5.64. The van der Waals surface area contributed by atoms with E-state index in [9.17, 15) is 0 Å². The molecule has 0 radical (unpaired) electrons. The normalized spacial score (nSPS) is 11.1. The predicted molar refractivity (Wildman–Crippen MR) is 152 cm³/mol. The topological polar surface area (TPSA) is 9.72 Å². The average molecular weight is 499 g/mol. The van der Waals surface area contributed by atoms with E-state index < -0.39 is 0 Å². The van der Waals surface area contributed by atoms with Gasteiger partial charge in [0.05, 0.1) is 0 Å². The Morgan fingerprint density at radius 2 is 0.971 bits per heavy atom. The lowest BCUT2D eigenvalue weighted by molar-refractivity contribution is 0.862. The van der Waals surface area contributed by atoms with Gasteiger partial charge in [0.25, 0.3) is 0 Å². The molecule has 0 unspecified atom stereocenters. The molecule has 5 heteroatoms. The number of benzene rings is 3. The molecule has 0 atom stereocenters. The van der Waals surface area contributed by atoms with Crippen LogP contribution in [0.4, 0.5) is 17.1 Å². The minimum atomic E-state index is -0.0623. The van der Waals surface area contributed by atoms with Gasteiger partial charge < -0.3 is 14.7 Å². The van der Waals surface area contributed by atoms with Gasteiger partial charge in [0.2, 0.25) is 0 Å². The molecule has 0 aliphatic rings. The van der Waals surface area contributed by atoms with Crippen LogP contribution in [0.5, 0.6) is 0 Å². The van der Waals surface area contributed by atoms with Crippen molar-refractivity contribution >= 4 is 40.3 Å². The molecule has 0 N–H and O–H groups in total. The Bertz CT molecular complexity index is 1010. The number of halogens is 2. The summed E-state index contributed by atoms with van der Waals surface area (Å²) in [5.41, 5.74) is 6.74. The minimum Gasteiger partial charge on any atom is -0.378 e. The predicted octanol–water partition coefficient (Wildman–Crippen LogP) is 7.93. The van der Waals surface area contributed by atoms with Crippen molar-refractivity contribution in [2.75, 3.05) is 55.0 Å². The third-order valence-corrected chi connectivity index (χ3v) is 7.24. The van der Waals surface area contributed by atoms with Crippen LogP contribution in [0, 0.1) is 0 Å². The summed E-state index contributed by atoms with van der Waals surface area (Å²) in [7, 11) is 4.11. The van der Waals surface area contributed by atoms with Crippen molar-refractivity contribution in [2.24, 2.45) is 0 Å². The van der Waals surface area contributed by atoms with E-state index in [0.717, 1.165) is 64.4 Å². The van der Waals surface area contributed by atoms with E-state index in [1.165, 1.54) is 5.56 Å². The van der Waals surface area contributed by atoms with Gasteiger partial charge in [0.1, 0.15) is 0 Å². The van der Waals surface area contributed by atoms with Gasteiger partial charge in [0.15, 0.2) is 0 Å². The first-order valence-electron chi connectivity index (χ1n) is 12.2. The van der Waals surface area contributed by atoms with Crippen LogP contribution in [0.3, 0.4) is 0 Å². The van der Waals surface area contributed by atoms with Crippen LogP contribution in [0.2, 0.25) is 10.0 Å². The summed E-state index contributed by atoms with van der Waals surface area (Å²) in [6.45, 7) is 12.4. The number of hydrogen-bond donors (Lipinski definition) is 0. The molecule has 0 amide bonds. The second-order valence-corrected chi connectivity index (χ2v) is 9.49. The Morgan fingerprint density at radius 3 is 1.29 bits per heavy atom. The van der Waals surface area contributed by atoms with Crippen molar-refractivity contribution in [1.82, 2.24) is 0 Å². The fourth-order valence-electron chi connectivity index (χ4n) is 4.56. The summed E-state index contributed by atoms with van der Waals surface area (Å²) in [6.07, 6.45) is 0. The number of anilines is 3. The van der Waals surface area contributed by atoms with Gasteiger partial charge in [-0.05, 0) is 80.8 Å². The SMILES string of the molecule is CCN(CC)c1ccc(C(c2ccc(N(C)C)cc2)c2ccc(N(CC)CC)cc2Cl)c(Cl)c1. The Kier molecular flexibility index (Phi) is 9.16. The summed E-state index contributed by atoms with van der Waals surface area (Å²) in [5, 5.41) is 1.52. The highest BCUT2D eigenvalue weighted by Crippen LogP contribution is 2.41. The summed E-state index contributed by atoms with van der Waals surface area (Å²) >= 11 is 13.9. The van der Waals surface area contributed by atoms with Crippen molar-refractivity contribution < 1.29 is 0 Å². The van der Waals surface area contributed by atoms with Gasteiger partial charge in [0, 0.05) is 73.3 Å². The van der Waals surface area contributed by atoms with Crippen LogP contribution in [0.15, 0.2) is 60.7 Å². The summed E-state index contributed by atoms with van der Waals surface area (Å²) < 4.78 is 0. The largest absolute Gasteiger partial charge is 0.378 e. The highest BCUT2D eigenvalue weighted by molar-refractivity contribution is 6.32. The van der Waals surface area contributed by atoms with Crippen molar-refractivity contribution in [2.45, 2.75) is 33.6 Å². The molecule has 0 aliphatic heterocycles. The molecule has 0 saturated heterocycles. The minimum absolute atomic E-state index is 0.0623. The molecule has 182 valence electrons. The maximum absolute atomic E-state index is 6.96. The van der Waals surface area contributed by atoms with E-state index >= 15 is 0 Å². The van der Waals surface area contributed by atoms with Gasteiger partial charge in [-0.25, -0.2) is 0 Å². The monoisotopic (exact) mass is 497 g/mol. The van der Waals surface area contributed by atoms with E-state index in [0.29, 0.717) is 0 Å². The smallest absolute Gasteiger partial charge is 0.0468 e. The van der Waals surface area contributed by atoms with Gasteiger partial charge in [-0.15, -0.1) is 0 Å². The Hall–Kier alpha value is -2.36. The molecule has 0 saturated carbocycles. The lowest BCUT2D eigenvalue weighted by atomic mass is 9.84. The summed E-state index contributed by atoms with van der Waals surface area (Å²) in [5.74, 6) is -0.0623. The molecule has 0 aromatic heterocycles. The fraction of sp³-hybridized carbons (Fsp3) is 0.379. The van der Waals surface area contributed by atoms with E-state index in [1.807, 2.05) is 0 Å². The van der Waals surface area contributed by atoms with Gasteiger partial charge >= 0.3 is 0 Å². The molecular weight excluding hydrogens is 461 g/mol.